The topological polar surface area (TPSA) is 116 Å². The molecule has 3 aromatic rings. The third kappa shape index (κ3) is 4.11. The molecule has 230 valence electrons. The van der Waals surface area contributed by atoms with Gasteiger partial charge in [0, 0.05) is 29.6 Å². The van der Waals surface area contributed by atoms with Crippen molar-refractivity contribution in [2.45, 2.75) is 24.2 Å². The Morgan fingerprint density at radius 2 is 1.67 bits per heavy atom. The van der Waals surface area contributed by atoms with E-state index in [4.69, 9.17) is 16.3 Å². The number of aromatic hydroxyl groups is 1. The summed E-state index contributed by atoms with van der Waals surface area (Å²) in [5, 5.41) is 12.9. The molecular formula is C34H29ClFN3O6. The van der Waals surface area contributed by atoms with Crippen molar-refractivity contribution in [3.63, 3.8) is 0 Å². The maximum absolute atomic E-state index is 15.0. The molecule has 6 atom stereocenters. The van der Waals surface area contributed by atoms with E-state index in [1.807, 2.05) is 6.08 Å². The van der Waals surface area contributed by atoms with Gasteiger partial charge < -0.3 is 9.84 Å². The van der Waals surface area contributed by atoms with Crippen molar-refractivity contribution in [3.8, 4) is 11.5 Å². The summed E-state index contributed by atoms with van der Waals surface area (Å²) >= 11 is 6.29. The summed E-state index contributed by atoms with van der Waals surface area (Å²) in [7, 11) is 2.94. The second-order valence-corrected chi connectivity index (χ2v) is 12.5. The molecule has 0 spiro atoms. The van der Waals surface area contributed by atoms with E-state index in [1.54, 1.807) is 36.4 Å². The Kier molecular flexibility index (Phi) is 6.74. The van der Waals surface area contributed by atoms with Crippen molar-refractivity contribution in [3.05, 3.63) is 100 Å². The van der Waals surface area contributed by atoms with Crippen molar-refractivity contribution in [2.24, 2.45) is 23.7 Å². The van der Waals surface area contributed by atoms with Crippen LogP contribution in [0, 0.1) is 29.5 Å². The van der Waals surface area contributed by atoms with Crippen molar-refractivity contribution in [1.82, 2.24) is 9.91 Å². The number of halogens is 2. The Hall–Kier alpha value is -4.70. The molecule has 2 N–H and O–H groups in total. The van der Waals surface area contributed by atoms with Crippen LogP contribution in [-0.2, 0) is 24.6 Å². The van der Waals surface area contributed by atoms with Crippen LogP contribution in [0.1, 0.15) is 29.9 Å². The molecule has 9 nitrogen and oxygen atoms in total. The van der Waals surface area contributed by atoms with Gasteiger partial charge in [-0.1, -0.05) is 41.4 Å². The molecule has 4 aliphatic rings. The molecule has 45 heavy (non-hydrogen) atoms. The van der Waals surface area contributed by atoms with Crippen molar-refractivity contribution >= 4 is 40.9 Å². The molecule has 1 saturated carbocycles. The van der Waals surface area contributed by atoms with Gasteiger partial charge in [-0.05, 0) is 66.8 Å². The first-order valence-corrected chi connectivity index (χ1v) is 15.0. The lowest BCUT2D eigenvalue weighted by molar-refractivity contribution is -0.140. The van der Waals surface area contributed by atoms with Crippen LogP contribution in [0.5, 0.6) is 11.5 Å². The van der Waals surface area contributed by atoms with E-state index >= 15 is 0 Å². The Morgan fingerprint density at radius 3 is 2.33 bits per heavy atom. The number of allylic oxidation sites excluding steroid dienone is 2. The number of imide groups is 2. The Labute approximate surface area is 263 Å². The van der Waals surface area contributed by atoms with Gasteiger partial charge in [0.2, 0.25) is 11.8 Å². The molecule has 4 amide bonds. The van der Waals surface area contributed by atoms with Gasteiger partial charge in [0.05, 0.1) is 36.0 Å². The van der Waals surface area contributed by atoms with Crippen LogP contribution in [0.3, 0.4) is 0 Å². The number of carbonyl (C=O) groups excluding carboxylic acids is 4. The predicted molar refractivity (Wildman–Crippen MR) is 161 cm³/mol. The van der Waals surface area contributed by atoms with Crippen LogP contribution in [0.2, 0.25) is 5.02 Å². The Morgan fingerprint density at radius 1 is 0.956 bits per heavy atom. The Bertz CT molecular complexity index is 1790. The Balaban J connectivity index is 1.48. The van der Waals surface area contributed by atoms with E-state index in [9.17, 15) is 28.7 Å². The zero-order valence-corrected chi connectivity index (χ0v) is 25.1. The lowest BCUT2D eigenvalue weighted by atomic mass is 9.49. The van der Waals surface area contributed by atoms with E-state index in [-0.39, 0.29) is 30.4 Å². The number of fused-ring (bicyclic) bond motifs is 4. The number of nitrogens with zero attached hydrogens (tertiary/aromatic N) is 2. The molecular weight excluding hydrogens is 601 g/mol. The molecule has 3 aromatic carbocycles. The maximum Gasteiger partial charge on any atom is 0.260 e. The van der Waals surface area contributed by atoms with E-state index in [2.05, 4.69) is 5.43 Å². The number of carbonyl (C=O) groups is 4. The zero-order valence-electron chi connectivity index (χ0n) is 24.4. The normalized spacial score (nSPS) is 28.9. The summed E-state index contributed by atoms with van der Waals surface area (Å²) in [6, 6.07) is 16.8. The molecule has 2 saturated heterocycles. The third-order valence-corrected chi connectivity index (χ3v) is 10.3. The monoisotopic (exact) mass is 629 g/mol. The number of hydrogen-bond donors (Lipinski definition) is 2. The van der Waals surface area contributed by atoms with E-state index < -0.39 is 52.6 Å². The quantitative estimate of drug-likeness (QED) is 0.307. The summed E-state index contributed by atoms with van der Waals surface area (Å²) in [5.41, 5.74) is 3.23. The first kappa shape index (κ1) is 29.0. The number of anilines is 1. The second-order valence-electron chi connectivity index (χ2n) is 12.0. The number of ether oxygens (including phenoxy) is 1. The van der Waals surface area contributed by atoms with E-state index in [1.165, 1.54) is 44.5 Å². The average Bonchev–Trinajstić information content (AvgIpc) is 3.39. The number of nitrogens with one attached hydrogen (secondary N) is 1. The number of methoxy groups -OCH3 is 1. The van der Waals surface area contributed by atoms with E-state index in [0.717, 1.165) is 9.91 Å². The minimum atomic E-state index is -1.58. The fourth-order valence-corrected chi connectivity index (χ4v) is 8.18. The van der Waals surface area contributed by atoms with Gasteiger partial charge in [-0.3, -0.25) is 29.5 Å². The molecule has 7 rings (SSSR count). The fraction of sp³-hybridized carbons (Fsp3) is 0.294. The highest BCUT2D eigenvalue weighted by Crippen LogP contribution is 2.65. The molecule has 0 radical (unpaired) electrons. The highest BCUT2D eigenvalue weighted by molar-refractivity contribution is 6.30. The van der Waals surface area contributed by atoms with Gasteiger partial charge in [0.25, 0.3) is 11.8 Å². The van der Waals surface area contributed by atoms with Gasteiger partial charge in [-0.25, -0.2) is 4.39 Å². The maximum atomic E-state index is 15.0. The number of phenols is 1. The summed E-state index contributed by atoms with van der Waals surface area (Å²) in [6.07, 6.45) is 2.30. The minimum absolute atomic E-state index is 0.113. The van der Waals surface area contributed by atoms with Gasteiger partial charge >= 0.3 is 0 Å². The predicted octanol–water partition coefficient (Wildman–Crippen LogP) is 4.81. The SMILES string of the molecule is COc1ccc(C2C3=CCC4C(=O)N(C)C(=O)C4C3CC3C(=O)N(Nc4ccc(F)cc4)C(=O)C32c2ccc(Cl)cc2)c(O)c1. The smallest absolute Gasteiger partial charge is 0.260 e. The number of likely N-dealkylation sites (tertiary alicyclic amines) is 1. The van der Waals surface area contributed by atoms with Crippen molar-refractivity contribution in [1.29, 1.82) is 0 Å². The number of amides is 4. The highest BCUT2D eigenvalue weighted by Gasteiger charge is 2.70. The van der Waals surface area contributed by atoms with Crippen LogP contribution in [0.4, 0.5) is 10.1 Å². The van der Waals surface area contributed by atoms with Gasteiger partial charge in [-0.15, -0.1) is 0 Å². The van der Waals surface area contributed by atoms with Gasteiger partial charge in [0.1, 0.15) is 17.3 Å². The van der Waals surface area contributed by atoms with Gasteiger partial charge in [-0.2, -0.15) is 5.01 Å². The number of hydrazine groups is 1. The number of hydrogen-bond acceptors (Lipinski definition) is 7. The largest absolute Gasteiger partial charge is 0.508 e. The molecule has 2 heterocycles. The highest BCUT2D eigenvalue weighted by atomic mass is 35.5. The number of phenolic OH excluding ortho intramolecular Hbond substituents is 1. The van der Waals surface area contributed by atoms with Crippen LogP contribution in [0.25, 0.3) is 0 Å². The van der Waals surface area contributed by atoms with Crippen molar-refractivity contribution < 1.29 is 33.4 Å². The third-order valence-electron chi connectivity index (χ3n) is 10.0. The summed E-state index contributed by atoms with van der Waals surface area (Å²) in [5.74, 6) is -5.68. The molecule has 3 fully saturated rings. The molecule has 2 aliphatic heterocycles. The van der Waals surface area contributed by atoms with Crippen LogP contribution in [-0.4, -0.2) is 52.8 Å². The molecule has 0 aromatic heterocycles. The summed E-state index contributed by atoms with van der Waals surface area (Å²) < 4.78 is 19.1. The van der Waals surface area contributed by atoms with E-state index in [0.29, 0.717) is 33.2 Å². The fourth-order valence-electron chi connectivity index (χ4n) is 8.05. The lowest BCUT2D eigenvalue weighted by Gasteiger charge is -2.50. The first-order chi connectivity index (χ1) is 21.6. The zero-order chi connectivity index (χ0) is 31.8. The average molecular weight is 630 g/mol. The van der Waals surface area contributed by atoms with Crippen LogP contribution in [0.15, 0.2) is 78.4 Å². The molecule has 0 bridgehead atoms. The lowest BCUT2D eigenvalue weighted by Crippen LogP contribution is -2.53. The molecule has 11 heteroatoms. The molecule has 6 unspecified atom stereocenters. The summed E-state index contributed by atoms with van der Waals surface area (Å²) in [6.45, 7) is 0. The van der Waals surface area contributed by atoms with Crippen LogP contribution >= 0.6 is 11.6 Å². The molecule has 2 aliphatic carbocycles. The van der Waals surface area contributed by atoms with Gasteiger partial charge in [0.15, 0.2) is 0 Å². The number of benzene rings is 3. The van der Waals surface area contributed by atoms with Crippen molar-refractivity contribution in [2.75, 3.05) is 19.6 Å². The summed E-state index contributed by atoms with van der Waals surface area (Å²) in [4.78, 5) is 57.3. The number of rotatable bonds is 5. The van der Waals surface area contributed by atoms with Crippen LogP contribution < -0.4 is 10.2 Å². The second kappa shape index (κ2) is 10.4. The standard InChI is InChI=1S/C34H29ClFN3O6/c1-38-30(41)24-14-13-22-25(28(24)32(38)43)16-26-31(42)39(37-20-9-7-19(36)8-10-20)33(44)34(26,17-3-5-18(35)6-4-17)29(22)23-12-11-21(45-2)15-27(23)40/h3-13,15,24-26,28-29,37,40H,14,16H2,1-2H3. The minimum Gasteiger partial charge on any atom is -0.508 e. The first-order valence-electron chi connectivity index (χ1n) is 14.6.